The molecule has 2 aromatic rings. The van der Waals surface area contributed by atoms with Crippen molar-refractivity contribution in [3.63, 3.8) is 0 Å². The van der Waals surface area contributed by atoms with Crippen LogP contribution in [0.4, 0.5) is 0 Å². The van der Waals surface area contributed by atoms with E-state index in [4.69, 9.17) is 27.9 Å². The third-order valence-corrected chi connectivity index (χ3v) is 5.83. The number of nitrogens with zero attached hydrogens (tertiary/aromatic N) is 1. The molecule has 1 atom stereocenters. The summed E-state index contributed by atoms with van der Waals surface area (Å²) < 4.78 is 5.80. The molecule has 2 aromatic carbocycles. The van der Waals surface area contributed by atoms with Crippen molar-refractivity contribution in [1.82, 2.24) is 10.2 Å². The molecule has 0 bridgehead atoms. The number of halogens is 2. The molecule has 7 heteroatoms. The van der Waals surface area contributed by atoms with Crippen LogP contribution < -0.4 is 10.1 Å². The molecule has 0 heterocycles. The first-order chi connectivity index (χ1) is 14.6. The number of carbonyl (C=O) groups is 2. The largest absolute Gasteiger partial charge is 0.483 e. The molecule has 2 amide bonds. The zero-order valence-corrected chi connectivity index (χ0v) is 20.2. The molecule has 168 valence electrons. The van der Waals surface area contributed by atoms with Crippen LogP contribution in [-0.2, 0) is 16.1 Å². The standard InChI is InChI=1S/C24H30Cl2N2O3/c1-15(2)12-27-24(30)18(5)28(13-19-9-10-20(25)21(26)11-19)23(29)14-31-22-8-6-7-16(3)17(22)4/h6-11,15,18H,12-14H2,1-5H3,(H,27,30)/t18-/m1/s1. The highest BCUT2D eigenvalue weighted by Crippen LogP contribution is 2.24. The van der Waals surface area contributed by atoms with Crippen LogP contribution in [0.1, 0.15) is 37.5 Å². The first-order valence-electron chi connectivity index (χ1n) is 10.3. The molecule has 0 unspecified atom stereocenters. The number of benzene rings is 2. The van der Waals surface area contributed by atoms with Gasteiger partial charge in [-0.3, -0.25) is 9.59 Å². The summed E-state index contributed by atoms with van der Waals surface area (Å²) in [5, 5.41) is 3.73. The summed E-state index contributed by atoms with van der Waals surface area (Å²) in [6.45, 7) is 10.3. The molecule has 0 aromatic heterocycles. The monoisotopic (exact) mass is 464 g/mol. The fourth-order valence-electron chi connectivity index (χ4n) is 2.97. The summed E-state index contributed by atoms with van der Waals surface area (Å²) in [5.41, 5.74) is 2.84. The van der Waals surface area contributed by atoms with Gasteiger partial charge < -0.3 is 15.0 Å². The summed E-state index contributed by atoms with van der Waals surface area (Å²) in [6, 6.07) is 10.2. The van der Waals surface area contributed by atoms with Crippen LogP contribution in [-0.4, -0.2) is 35.9 Å². The highest BCUT2D eigenvalue weighted by molar-refractivity contribution is 6.42. The Labute approximate surface area is 194 Å². The Kier molecular flexibility index (Phi) is 9.20. The van der Waals surface area contributed by atoms with Crippen molar-refractivity contribution in [2.75, 3.05) is 13.2 Å². The number of hydrogen-bond donors (Lipinski definition) is 1. The van der Waals surface area contributed by atoms with Gasteiger partial charge >= 0.3 is 0 Å². The molecule has 0 saturated carbocycles. The minimum Gasteiger partial charge on any atom is -0.483 e. The van der Waals surface area contributed by atoms with E-state index in [9.17, 15) is 9.59 Å². The van der Waals surface area contributed by atoms with Crippen molar-refractivity contribution in [2.45, 2.75) is 47.2 Å². The maximum Gasteiger partial charge on any atom is 0.261 e. The molecule has 2 rings (SSSR count). The lowest BCUT2D eigenvalue weighted by atomic mass is 10.1. The van der Waals surface area contributed by atoms with Crippen LogP contribution in [0.5, 0.6) is 5.75 Å². The minimum atomic E-state index is -0.678. The van der Waals surface area contributed by atoms with E-state index in [0.717, 1.165) is 16.7 Å². The van der Waals surface area contributed by atoms with Crippen LogP contribution in [0, 0.1) is 19.8 Å². The predicted octanol–water partition coefficient (Wildman–Crippen LogP) is 5.18. The average molecular weight is 465 g/mol. The van der Waals surface area contributed by atoms with E-state index in [1.165, 1.54) is 4.90 Å². The number of ether oxygens (including phenoxy) is 1. The number of nitrogens with one attached hydrogen (secondary N) is 1. The Hall–Kier alpha value is -2.24. The van der Waals surface area contributed by atoms with E-state index in [-0.39, 0.29) is 25.0 Å². The number of hydrogen-bond acceptors (Lipinski definition) is 3. The molecule has 0 radical (unpaired) electrons. The molecule has 31 heavy (non-hydrogen) atoms. The summed E-state index contributed by atoms with van der Waals surface area (Å²) in [6.07, 6.45) is 0. The van der Waals surface area contributed by atoms with E-state index in [0.29, 0.717) is 28.3 Å². The second kappa shape index (κ2) is 11.4. The van der Waals surface area contributed by atoms with Crippen molar-refractivity contribution in [3.05, 3.63) is 63.1 Å². The van der Waals surface area contributed by atoms with E-state index >= 15 is 0 Å². The van der Waals surface area contributed by atoms with Crippen molar-refractivity contribution < 1.29 is 14.3 Å². The van der Waals surface area contributed by atoms with Crippen molar-refractivity contribution in [1.29, 1.82) is 0 Å². The maximum absolute atomic E-state index is 13.1. The third-order valence-electron chi connectivity index (χ3n) is 5.09. The Morgan fingerprint density at radius 2 is 1.77 bits per heavy atom. The molecule has 0 spiro atoms. The van der Waals surface area contributed by atoms with Crippen LogP contribution in [0.25, 0.3) is 0 Å². The lowest BCUT2D eigenvalue weighted by molar-refractivity contribution is -0.142. The Bertz CT molecular complexity index is 931. The zero-order chi connectivity index (χ0) is 23.1. The van der Waals surface area contributed by atoms with Crippen LogP contribution in [0.3, 0.4) is 0 Å². The third kappa shape index (κ3) is 7.15. The molecular formula is C24H30Cl2N2O3. The van der Waals surface area contributed by atoms with Crippen LogP contribution in [0.15, 0.2) is 36.4 Å². The number of rotatable bonds is 9. The quantitative estimate of drug-likeness (QED) is 0.555. The molecule has 0 aliphatic carbocycles. The van der Waals surface area contributed by atoms with Gasteiger partial charge in [-0.15, -0.1) is 0 Å². The predicted molar refractivity (Wildman–Crippen MR) is 126 cm³/mol. The first kappa shape index (κ1) is 25.0. The summed E-state index contributed by atoms with van der Waals surface area (Å²) in [5.74, 6) is 0.454. The van der Waals surface area contributed by atoms with Crippen molar-refractivity contribution >= 4 is 35.0 Å². The highest BCUT2D eigenvalue weighted by Gasteiger charge is 2.27. The van der Waals surface area contributed by atoms with Gasteiger partial charge in [0.2, 0.25) is 5.91 Å². The fraction of sp³-hybridized carbons (Fsp3) is 0.417. The van der Waals surface area contributed by atoms with Crippen molar-refractivity contribution in [2.24, 2.45) is 5.92 Å². The van der Waals surface area contributed by atoms with Gasteiger partial charge in [0.1, 0.15) is 11.8 Å². The average Bonchev–Trinajstić information content (AvgIpc) is 2.73. The van der Waals surface area contributed by atoms with Gasteiger partial charge in [-0.05, 0) is 61.6 Å². The normalized spacial score (nSPS) is 11.9. The molecule has 0 aliphatic heterocycles. The SMILES string of the molecule is Cc1cccc(OCC(=O)N(Cc2ccc(Cl)c(Cl)c2)[C@H](C)C(=O)NCC(C)C)c1C. The van der Waals surface area contributed by atoms with Gasteiger partial charge in [-0.1, -0.05) is 55.2 Å². The van der Waals surface area contributed by atoms with E-state index in [2.05, 4.69) is 5.32 Å². The topological polar surface area (TPSA) is 58.6 Å². The first-order valence-corrected chi connectivity index (χ1v) is 11.1. The molecule has 0 saturated heterocycles. The van der Waals surface area contributed by atoms with E-state index in [1.807, 2.05) is 45.9 Å². The molecule has 0 aliphatic rings. The second-order valence-electron chi connectivity index (χ2n) is 8.07. The van der Waals surface area contributed by atoms with Gasteiger partial charge in [0.05, 0.1) is 10.0 Å². The van der Waals surface area contributed by atoms with Crippen molar-refractivity contribution in [3.8, 4) is 5.75 Å². The second-order valence-corrected chi connectivity index (χ2v) is 8.89. The Morgan fingerprint density at radius 3 is 2.42 bits per heavy atom. The van der Waals surface area contributed by atoms with E-state index in [1.54, 1.807) is 25.1 Å². The summed E-state index contributed by atoms with van der Waals surface area (Å²) in [4.78, 5) is 27.3. The summed E-state index contributed by atoms with van der Waals surface area (Å²) >= 11 is 12.1. The molecule has 1 N–H and O–H groups in total. The van der Waals surface area contributed by atoms with Crippen LogP contribution in [0.2, 0.25) is 10.0 Å². The Balaban J connectivity index is 2.20. The zero-order valence-electron chi connectivity index (χ0n) is 18.7. The van der Waals surface area contributed by atoms with E-state index < -0.39 is 6.04 Å². The minimum absolute atomic E-state index is 0.173. The van der Waals surface area contributed by atoms with Gasteiger partial charge in [-0.2, -0.15) is 0 Å². The Morgan fingerprint density at radius 1 is 1.06 bits per heavy atom. The smallest absolute Gasteiger partial charge is 0.261 e. The molecular weight excluding hydrogens is 435 g/mol. The van der Waals surface area contributed by atoms with Crippen LogP contribution >= 0.6 is 23.2 Å². The van der Waals surface area contributed by atoms with Gasteiger partial charge in [0.15, 0.2) is 6.61 Å². The highest BCUT2D eigenvalue weighted by atomic mass is 35.5. The van der Waals surface area contributed by atoms with Gasteiger partial charge in [-0.25, -0.2) is 0 Å². The van der Waals surface area contributed by atoms with Gasteiger partial charge in [0.25, 0.3) is 5.91 Å². The lowest BCUT2D eigenvalue weighted by Crippen LogP contribution is -2.49. The maximum atomic E-state index is 13.1. The number of aryl methyl sites for hydroxylation is 1. The number of amides is 2. The molecule has 0 fully saturated rings. The summed E-state index contributed by atoms with van der Waals surface area (Å²) in [7, 11) is 0. The molecule has 5 nitrogen and oxygen atoms in total. The lowest BCUT2D eigenvalue weighted by Gasteiger charge is -2.29. The van der Waals surface area contributed by atoms with Gasteiger partial charge in [0, 0.05) is 13.1 Å². The number of carbonyl (C=O) groups excluding carboxylic acids is 2. The fourth-order valence-corrected chi connectivity index (χ4v) is 3.29.